The third-order valence-electron chi connectivity index (χ3n) is 2.54. The van der Waals surface area contributed by atoms with Gasteiger partial charge in [0.2, 0.25) is 5.91 Å². The third-order valence-corrected chi connectivity index (χ3v) is 4.07. The average molecular weight is 394 g/mol. The Hall–Kier alpha value is -1.61. The summed E-state index contributed by atoms with van der Waals surface area (Å²) in [4.78, 5) is 14.5. The van der Waals surface area contributed by atoms with Crippen LogP contribution in [0.25, 0.3) is 0 Å². The van der Waals surface area contributed by atoms with Crippen LogP contribution in [0.4, 0.5) is 24.0 Å². The largest absolute Gasteiger partial charge is 0.427 e. The van der Waals surface area contributed by atoms with Gasteiger partial charge in [-0.05, 0) is 24.3 Å². The van der Waals surface area contributed by atoms with E-state index >= 15 is 0 Å². The predicted molar refractivity (Wildman–Crippen MR) is 83.0 cm³/mol. The van der Waals surface area contributed by atoms with Crippen LogP contribution in [-0.2, 0) is 11.0 Å². The summed E-state index contributed by atoms with van der Waals surface area (Å²) in [5, 5.41) is 5.53. The Balaban J connectivity index is 1.77. The zero-order valence-electron chi connectivity index (χ0n) is 11.1. The minimum Gasteiger partial charge on any atom is -0.361 e. The highest BCUT2D eigenvalue weighted by atomic mass is 79.9. The second kappa shape index (κ2) is 7.10. The van der Waals surface area contributed by atoms with Crippen LogP contribution in [-0.4, -0.2) is 17.4 Å². The van der Waals surface area contributed by atoms with E-state index in [1.165, 1.54) is 0 Å². The number of benzene rings is 1. The number of anilines is 2. The van der Waals surface area contributed by atoms with E-state index in [1.54, 1.807) is 24.3 Å². The normalized spacial score (nSPS) is 11.3. The molecule has 0 fully saturated rings. The average Bonchev–Trinajstić information content (AvgIpc) is 2.90. The van der Waals surface area contributed by atoms with E-state index in [0.29, 0.717) is 17.0 Å². The van der Waals surface area contributed by atoms with Gasteiger partial charge in [-0.3, -0.25) is 4.79 Å². The molecule has 1 aromatic carbocycles. The van der Waals surface area contributed by atoms with Gasteiger partial charge in [0.05, 0.1) is 6.20 Å². The van der Waals surface area contributed by atoms with E-state index in [9.17, 15) is 18.0 Å². The van der Waals surface area contributed by atoms with E-state index in [1.807, 2.05) is 0 Å². The summed E-state index contributed by atoms with van der Waals surface area (Å²) in [5.74, 6) is -0.234. The Labute approximate surface area is 136 Å². The molecule has 0 unspecified atom stereocenters. The van der Waals surface area contributed by atoms with Crippen molar-refractivity contribution in [3.63, 3.8) is 0 Å². The molecule has 0 aliphatic carbocycles. The van der Waals surface area contributed by atoms with Crippen LogP contribution in [0.3, 0.4) is 0 Å². The van der Waals surface area contributed by atoms with Crippen molar-refractivity contribution in [2.75, 3.05) is 17.2 Å². The maximum absolute atomic E-state index is 12.4. The number of carbonyl (C=O) groups excluding carboxylic acids is 1. The fourth-order valence-corrected chi connectivity index (χ4v) is 2.50. The SMILES string of the molecule is O=C(CCNc1ncc(C(F)(F)F)s1)Nc1ccc(Br)cc1. The van der Waals surface area contributed by atoms with Gasteiger partial charge in [0.25, 0.3) is 0 Å². The molecule has 2 rings (SSSR count). The highest BCUT2D eigenvalue weighted by molar-refractivity contribution is 9.10. The number of aromatic nitrogens is 1. The van der Waals surface area contributed by atoms with E-state index in [0.717, 1.165) is 10.7 Å². The lowest BCUT2D eigenvalue weighted by molar-refractivity contribution is -0.134. The number of nitrogens with one attached hydrogen (secondary N) is 2. The van der Waals surface area contributed by atoms with Gasteiger partial charge in [-0.15, -0.1) is 0 Å². The molecule has 0 aliphatic heterocycles. The lowest BCUT2D eigenvalue weighted by atomic mass is 10.3. The molecule has 22 heavy (non-hydrogen) atoms. The fourth-order valence-electron chi connectivity index (χ4n) is 1.53. The van der Waals surface area contributed by atoms with Crippen molar-refractivity contribution in [1.82, 2.24) is 4.98 Å². The number of hydrogen-bond acceptors (Lipinski definition) is 4. The van der Waals surface area contributed by atoms with Crippen molar-refractivity contribution in [3.8, 4) is 0 Å². The monoisotopic (exact) mass is 393 g/mol. The number of thiazole rings is 1. The number of amides is 1. The van der Waals surface area contributed by atoms with E-state index in [-0.39, 0.29) is 24.0 Å². The van der Waals surface area contributed by atoms with Crippen molar-refractivity contribution in [2.24, 2.45) is 0 Å². The van der Waals surface area contributed by atoms with Crippen molar-refractivity contribution < 1.29 is 18.0 Å². The predicted octanol–water partition coefficient (Wildman–Crippen LogP) is 4.37. The van der Waals surface area contributed by atoms with Crippen LogP contribution in [0, 0.1) is 0 Å². The summed E-state index contributed by atoms with van der Waals surface area (Å²) >= 11 is 3.80. The van der Waals surface area contributed by atoms with Crippen molar-refractivity contribution in [2.45, 2.75) is 12.6 Å². The molecule has 2 N–H and O–H groups in total. The molecule has 0 radical (unpaired) electrons. The van der Waals surface area contributed by atoms with Crippen LogP contribution < -0.4 is 10.6 Å². The van der Waals surface area contributed by atoms with Gasteiger partial charge >= 0.3 is 6.18 Å². The quantitative estimate of drug-likeness (QED) is 0.792. The number of alkyl halides is 3. The van der Waals surface area contributed by atoms with E-state index < -0.39 is 11.1 Å². The Kier molecular flexibility index (Phi) is 5.41. The van der Waals surface area contributed by atoms with Crippen LogP contribution in [0.15, 0.2) is 34.9 Å². The highest BCUT2D eigenvalue weighted by Gasteiger charge is 2.33. The molecule has 0 spiro atoms. The molecule has 118 valence electrons. The molecule has 0 aliphatic rings. The molecular weight excluding hydrogens is 383 g/mol. The Bertz CT molecular complexity index is 643. The number of nitrogens with zero attached hydrogens (tertiary/aromatic N) is 1. The summed E-state index contributed by atoms with van der Waals surface area (Å²) in [7, 11) is 0. The first-order valence-corrected chi connectivity index (χ1v) is 7.78. The lowest BCUT2D eigenvalue weighted by Gasteiger charge is -2.06. The summed E-state index contributed by atoms with van der Waals surface area (Å²) in [6.45, 7) is 0.202. The lowest BCUT2D eigenvalue weighted by Crippen LogP contribution is -2.16. The molecule has 1 amide bonds. The van der Waals surface area contributed by atoms with Gasteiger partial charge in [0.15, 0.2) is 5.13 Å². The molecule has 1 heterocycles. The highest BCUT2D eigenvalue weighted by Crippen LogP contribution is 2.34. The first-order valence-electron chi connectivity index (χ1n) is 6.17. The van der Waals surface area contributed by atoms with Crippen molar-refractivity contribution in [1.29, 1.82) is 0 Å². The first kappa shape index (κ1) is 16.8. The smallest absolute Gasteiger partial charge is 0.361 e. The summed E-state index contributed by atoms with van der Waals surface area (Å²) in [5.41, 5.74) is 0.654. The van der Waals surface area contributed by atoms with Gasteiger partial charge in [-0.25, -0.2) is 4.98 Å². The molecular formula is C13H11BrF3N3OS. The molecule has 4 nitrogen and oxygen atoms in total. The topological polar surface area (TPSA) is 54.0 Å². The molecule has 0 saturated heterocycles. The summed E-state index contributed by atoms with van der Waals surface area (Å²) in [6.07, 6.45) is -3.50. The maximum atomic E-state index is 12.4. The van der Waals surface area contributed by atoms with E-state index in [2.05, 4.69) is 31.5 Å². The van der Waals surface area contributed by atoms with Gasteiger partial charge in [-0.1, -0.05) is 27.3 Å². The molecule has 9 heteroatoms. The molecule has 0 saturated carbocycles. The van der Waals surface area contributed by atoms with Crippen molar-refractivity contribution in [3.05, 3.63) is 39.8 Å². The molecule has 0 bridgehead atoms. The minimum absolute atomic E-state index is 0.122. The number of hydrogen-bond donors (Lipinski definition) is 2. The van der Waals surface area contributed by atoms with Gasteiger partial charge in [-0.2, -0.15) is 13.2 Å². The Morgan fingerprint density at radius 1 is 1.27 bits per heavy atom. The van der Waals surface area contributed by atoms with Crippen molar-refractivity contribution >= 4 is 44.0 Å². The fraction of sp³-hybridized carbons (Fsp3) is 0.231. The summed E-state index contributed by atoms with van der Waals surface area (Å²) in [6, 6.07) is 7.07. The minimum atomic E-state index is -4.39. The zero-order chi connectivity index (χ0) is 16.2. The van der Waals surface area contributed by atoms with Crippen LogP contribution in [0.1, 0.15) is 11.3 Å². The Morgan fingerprint density at radius 3 is 2.55 bits per heavy atom. The standard InChI is InChI=1S/C13H11BrF3N3OS/c14-8-1-3-9(4-2-8)20-11(21)5-6-18-12-19-7-10(22-12)13(15,16)17/h1-4,7H,5-6H2,(H,18,19)(H,20,21). The zero-order valence-corrected chi connectivity index (χ0v) is 13.5. The maximum Gasteiger partial charge on any atom is 0.427 e. The van der Waals surface area contributed by atoms with Gasteiger partial charge in [0, 0.05) is 23.1 Å². The molecule has 0 atom stereocenters. The van der Waals surface area contributed by atoms with Gasteiger partial charge < -0.3 is 10.6 Å². The van der Waals surface area contributed by atoms with Gasteiger partial charge in [0.1, 0.15) is 4.88 Å². The van der Waals surface area contributed by atoms with Crippen LogP contribution in [0.5, 0.6) is 0 Å². The van der Waals surface area contributed by atoms with E-state index in [4.69, 9.17) is 0 Å². The Morgan fingerprint density at radius 2 is 1.95 bits per heavy atom. The third kappa shape index (κ3) is 4.99. The molecule has 1 aromatic heterocycles. The molecule has 2 aromatic rings. The van der Waals surface area contributed by atoms with Crippen LogP contribution in [0.2, 0.25) is 0 Å². The second-order valence-corrected chi connectivity index (χ2v) is 6.21. The first-order chi connectivity index (χ1) is 10.3. The second-order valence-electron chi connectivity index (χ2n) is 4.26. The number of rotatable bonds is 5. The number of carbonyl (C=O) groups is 1. The van der Waals surface area contributed by atoms with Crippen LogP contribution >= 0.6 is 27.3 Å². The summed E-state index contributed by atoms with van der Waals surface area (Å²) < 4.78 is 38.1. The number of halogens is 4.